The van der Waals surface area contributed by atoms with E-state index in [0.717, 1.165) is 23.4 Å². The van der Waals surface area contributed by atoms with Crippen molar-refractivity contribution in [3.8, 4) is 0 Å². The van der Waals surface area contributed by atoms with E-state index >= 15 is 0 Å². The molecular formula is C20H26N4O2. The van der Waals surface area contributed by atoms with E-state index < -0.39 is 0 Å². The fourth-order valence-corrected chi connectivity index (χ4v) is 4.19. The highest BCUT2D eigenvalue weighted by molar-refractivity contribution is 5.97. The van der Waals surface area contributed by atoms with Crippen LogP contribution in [0.4, 0.5) is 0 Å². The molecule has 1 N–H and O–H groups in total. The smallest absolute Gasteiger partial charge is 0.254 e. The SMILES string of the molecule is O=C(CCC1CCCC1)N1CCN(C(=O)c2ccc3nc[nH]c3c2)CC1. The number of fused-ring (bicyclic) bond motifs is 1. The maximum Gasteiger partial charge on any atom is 0.254 e. The van der Waals surface area contributed by atoms with E-state index in [0.29, 0.717) is 38.2 Å². The molecule has 6 heteroatoms. The van der Waals surface area contributed by atoms with E-state index in [4.69, 9.17) is 0 Å². The van der Waals surface area contributed by atoms with Crippen LogP contribution < -0.4 is 0 Å². The number of aromatic nitrogens is 2. The standard InChI is InChI=1S/C20H26N4O2/c25-19(8-5-15-3-1-2-4-15)23-9-11-24(12-10-23)20(26)16-6-7-17-18(13-16)22-14-21-17/h6-7,13-15H,1-5,8-12H2,(H,21,22). The predicted molar refractivity (Wildman–Crippen MR) is 99.8 cm³/mol. The minimum absolute atomic E-state index is 0.0274. The number of nitrogens with zero attached hydrogens (tertiary/aromatic N) is 3. The summed E-state index contributed by atoms with van der Waals surface area (Å²) in [7, 11) is 0. The minimum Gasteiger partial charge on any atom is -0.345 e. The summed E-state index contributed by atoms with van der Waals surface area (Å²) in [6.45, 7) is 2.49. The first kappa shape index (κ1) is 17.1. The summed E-state index contributed by atoms with van der Waals surface area (Å²) in [5, 5.41) is 0. The van der Waals surface area contributed by atoms with Gasteiger partial charge in [0.05, 0.1) is 17.4 Å². The Hall–Kier alpha value is -2.37. The average molecular weight is 354 g/mol. The number of amides is 2. The van der Waals surface area contributed by atoms with Gasteiger partial charge in [0.2, 0.25) is 5.91 Å². The molecule has 0 unspecified atom stereocenters. The van der Waals surface area contributed by atoms with Gasteiger partial charge in [0, 0.05) is 38.2 Å². The van der Waals surface area contributed by atoms with Gasteiger partial charge in [-0.05, 0) is 30.5 Å². The Morgan fingerprint density at radius 3 is 2.58 bits per heavy atom. The molecule has 2 fully saturated rings. The molecule has 1 aliphatic carbocycles. The number of rotatable bonds is 4. The lowest BCUT2D eigenvalue weighted by molar-refractivity contribution is -0.133. The van der Waals surface area contributed by atoms with Gasteiger partial charge in [0.1, 0.15) is 0 Å². The Morgan fingerprint density at radius 1 is 1.08 bits per heavy atom. The summed E-state index contributed by atoms with van der Waals surface area (Å²) in [6, 6.07) is 5.54. The number of piperazine rings is 1. The lowest BCUT2D eigenvalue weighted by Gasteiger charge is -2.35. The van der Waals surface area contributed by atoms with Crippen molar-refractivity contribution in [3.63, 3.8) is 0 Å². The molecule has 26 heavy (non-hydrogen) atoms. The molecule has 1 saturated carbocycles. The Kier molecular flexibility index (Phi) is 4.91. The van der Waals surface area contributed by atoms with Gasteiger partial charge in [-0.3, -0.25) is 9.59 Å². The first-order valence-corrected chi connectivity index (χ1v) is 9.71. The maximum atomic E-state index is 12.7. The molecule has 2 aliphatic rings. The predicted octanol–water partition coefficient (Wildman–Crippen LogP) is 2.82. The first-order valence-electron chi connectivity index (χ1n) is 9.71. The van der Waals surface area contributed by atoms with Gasteiger partial charge in [0.25, 0.3) is 5.91 Å². The maximum absolute atomic E-state index is 12.7. The van der Waals surface area contributed by atoms with Gasteiger partial charge in [0.15, 0.2) is 0 Å². The van der Waals surface area contributed by atoms with Crippen LogP contribution in [0.1, 0.15) is 48.9 Å². The van der Waals surface area contributed by atoms with Crippen LogP contribution >= 0.6 is 0 Å². The zero-order valence-corrected chi connectivity index (χ0v) is 15.1. The van der Waals surface area contributed by atoms with Crippen molar-refractivity contribution in [2.75, 3.05) is 26.2 Å². The summed E-state index contributed by atoms with van der Waals surface area (Å²) in [5.41, 5.74) is 2.40. The molecule has 2 amide bonds. The highest BCUT2D eigenvalue weighted by Gasteiger charge is 2.25. The van der Waals surface area contributed by atoms with E-state index in [1.54, 1.807) is 6.33 Å². The van der Waals surface area contributed by atoms with Crippen LogP contribution in [0.15, 0.2) is 24.5 Å². The second-order valence-corrected chi connectivity index (χ2v) is 7.50. The minimum atomic E-state index is 0.0274. The Morgan fingerprint density at radius 2 is 1.81 bits per heavy atom. The zero-order valence-electron chi connectivity index (χ0n) is 15.1. The number of nitrogens with one attached hydrogen (secondary N) is 1. The second kappa shape index (κ2) is 7.48. The number of benzene rings is 1. The molecular weight excluding hydrogens is 328 g/mol. The number of hydrogen-bond acceptors (Lipinski definition) is 3. The first-order chi connectivity index (χ1) is 12.7. The third kappa shape index (κ3) is 3.59. The quantitative estimate of drug-likeness (QED) is 0.918. The van der Waals surface area contributed by atoms with Crippen molar-refractivity contribution >= 4 is 22.8 Å². The molecule has 2 aromatic rings. The molecule has 0 radical (unpaired) electrons. The summed E-state index contributed by atoms with van der Waals surface area (Å²) in [6.07, 6.45) is 8.55. The number of imidazole rings is 1. The van der Waals surface area contributed by atoms with E-state index in [-0.39, 0.29) is 11.8 Å². The molecule has 4 rings (SSSR count). The molecule has 138 valence electrons. The van der Waals surface area contributed by atoms with Crippen LogP contribution in [0.5, 0.6) is 0 Å². The van der Waals surface area contributed by atoms with Crippen molar-refractivity contribution < 1.29 is 9.59 Å². The van der Waals surface area contributed by atoms with Crippen LogP contribution in [-0.4, -0.2) is 57.8 Å². The molecule has 1 aliphatic heterocycles. The van der Waals surface area contributed by atoms with E-state index in [9.17, 15) is 9.59 Å². The van der Waals surface area contributed by atoms with Gasteiger partial charge in [-0.25, -0.2) is 4.98 Å². The number of carbonyl (C=O) groups is 2. The van der Waals surface area contributed by atoms with E-state index in [2.05, 4.69) is 9.97 Å². The zero-order chi connectivity index (χ0) is 17.9. The number of hydrogen-bond donors (Lipinski definition) is 1. The van der Waals surface area contributed by atoms with Gasteiger partial charge in [-0.1, -0.05) is 25.7 Å². The van der Waals surface area contributed by atoms with Crippen LogP contribution in [-0.2, 0) is 4.79 Å². The Labute approximate surface area is 153 Å². The van der Waals surface area contributed by atoms with Gasteiger partial charge < -0.3 is 14.8 Å². The third-order valence-electron chi connectivity index (χ3n) is 5.83. The molecule has 6 nitrogen and oxygen atoms in total. The molecule has 1 aromatic carbocycles. The highest BCUT2D eigenvalue weighted by atomic mass is 16.2. The topological polar surface area (TPSA) is 69.3 Å². The molecule has 2 heterocycles. The summed E-state index contributed by atoms with van der Waals surface area (Å²) in [5.74, 6) is 1.03. The van der Waals surface area contributed by atoms with Crippen molar-refractivity contribution in [2.24, 2.45) is 5.92 Å². The Balaban J connectivity index is 1.29. The van der Waals surface area contributed by atoms with Crippen LogP contribution in [0, 0.1) is 5.92 Å². The fraction of sp³-hybridized carbons (Fsp3) is 0.550. The van der Waals surface area contributed by atoms with Gasteiger partial charge >= 0.3 is 0 Å². The van der Waals surface area contributed by atoms with Gasteiger partial charge in [-0.2, -0.15) is 0 Å². The number of carbonyl (C=O) groups excluding carboxylic acids is 2. The van der Waals surface area contributed by atoms with Crippen molar-refractivity contribution in [2.45, 2.75) is 38.5 Å². The van der Waals surface area contributed by atoms with Crippen molar-refractivity contribution in [3.05, 3.63) is 30.1 Å². The normalized spacial score (nSPS) is 18.6. The molecule has 0 spiro atoms. The summed E-state index contributed by atoms with van der Waals surface area (Å²) in [4.78, 5) is 36.2. The molecule has 0 bridgehead atoms. The summed E-state index contributed by atoms with van der Waals surface area (Å²) < 4.78 is 0. The van der Waals surface area contributed by atoms with Crippen LogP contribution in [0.25, 0.3) is 11.0 Å². The average Bonchev–Trinajstić information content (AvgIpc) is 3.36. The lowest BCUT2D eigenvalue weighted by atomic mass is 10.0. The van der Waals surface area contributed by atoms with Crippen molar-refractivity contribution in [1.29, 1.82) is 0 Å². The third-order valence-corrected chi connectivity index (χ3v) is 5.83. The van der Waals surface area contributed by atoms with Crippen LogP contribution in [0.3, 0.4) is 0 Å². The fourth-order valence-electron chi connectivity index (χ4n) is 4.19. The number of H-pyrrole nitrogens is 1. The molecule has 1 saturated heterocycles. The summed E-state index contributed by atoms with van der Waals surface area (Å²) >= 11 is 0. The second-order valence-electron chi connectivity index (χ2n) is 7.50. The van der Waals surface area contributed by atoms with Crippen molar-refractivity contribution in [1.82, 2.24) is 19.8 Å². The number of aromatic amines is 1. The molecule has 1 aromatic heterocycles. The highest BCUT2D eigenvalue weighted by Crippen LogP contribution is 2.28. The monoisotopic (exact) mass is 354 g/mol. The van der Waals surface area contributed by atoms with Gasteiger partial charge in [-0.15, -0.1) is 0 Å². The van der Waals surface area contributed by atoms with E-state index in [1.165, 1.54) is 25.7 Å². The molecule has 0 atom stereocenters. The van der Waals surface area contributed by atoms with Crippen LogP contribution in [0.2, 0.25) is 0 Å². The van der Waals surface area contributed by atoms with E-state index in [1.807, 2.05) is 28.0 Å². The largest absolute Gasteiger partial charge is 0.345 e. The Bertz CT molecular complexity index is 786. The lowest BCUT2D eigenvalue weighted by Crippen LogP contribution is -2.50.